The van der Waals surface area contributed by atoms with E-state index in [0.717, 1.165) is 5.56 Å². The molecule has 4 nitrogen and oxygen atoms in total. The molecule has 0 radical (unpaired) electrons. The number of hydrogen-bond donors (Lipinski definition) is 2. The number of carboxylic acids is 1. The van der Waals surface area contributed by atoms with E-state index in [0.29, 0.717) is 16.3 Å². The zero-order chi connectivity index (χ0) is 15.0. The number of nitrogen functional groups attached to an aromatic ring is 1. The second kappa shape index (κ2) is 4.86. The number of pyridine rings is 1. The molecule has 0 aliphatic rings. The van der Waals surface area contributed by atoms with E-state index in [4.69, 9.17) is 10.8 Å². The molecule has 0 unspecified atom stereocenters. The minimum Gasteiger partial charge on any atom is -0.478 e. The molecule has 21 heavy (non-hydrogen) atoms. The summed E-state index contributed by atoms with van der Waals surface area (Å²) in [5.41, 5.74) is 7.35. The smallest absolute Gasteiger partial charge is 0.337 e. The number of halogens is 1. The first kappa shape index (κ1) is 13.1. The van der Waals surface area contributed by atoms with Crippen molar-refractivity contribution in [3.63, 3.8) is 0 Å². The van der Waals surface area contributed by atoms with E-state index in [-0.39, 0.29) is 17.2 Å². The zero-order valence-electron chi connectivity index (χ0n) is 10.9. The number of hydrogen-bond acceptors (Lipinski definition) is 3. The summed E-state index contributed by atoms with van der Waals surface area (Å²) in [5.74, 6) is -1.16. The van der Waals surface area contributed by atoms with Gasteiger partial charge in [0.05, 0.1) is 5.56 Å². The van der Waals surface area contributed by atoms with Crippen LogP contribution in [-0.4, -0.2) is 16.1 Å². The first-order valence-corrected chi connectivity index (χ1v) is 6.24. The quantitative estimate of drug-likeness (QED) is 0.756. The summed E-state index contributed by atoms with van der Waals surface area (Å²) in [4.78, 5) is 15.1. The molecule has 3 rings (SSSR count). The van der Waals surface area contributed by atoms with E-state index in [2.05, 4.69) is 4.98 Å². The molecule has 0 saturated carbocycles. The van der Waals surface area contributed by atoms with Crippen molar-refractivity contribution in [1.82, 2.24) is 4.98 Å². The lowest BCUT2D eigenvalue weighted by Crippen LogP contribution is -2.01. The van der Waals surface area contributed by atoms with Crippen molar-refractivity contribution in [2.24, 2.45) is 0 Å². The molecular formula is C16H11FN2O2. The van der Waals surface area contributed by atoms with E-state index in [1.807, 2.05) is 0 Å². The molecule has 0 spiro atoms. The number of benzene rings is 2. The van der Waals surface area contributed by atoms with Crippen LogP contribution in [0, 0.1) is 5.82 Å². The van der Waals surface area contributed by atoms with Crippen LogP contribution in [0.2, 0.25) is 0 Å². The molecule has 0 amide bonds. The largest absolute Gasteiger partial charge is 0.478 e. The van der Waals surface area contributed by atoms with Crippen molar-refractivity contribution in [2.75, 3.05) is 5.73 Å². The van der Waals surface area contributed by atoms with Crippen LogP contribution in [0.25, 0.3) is 21.9 Å². The number of nitrogens with two attached hydrogens (primary N) is 1. The van der Waals surface area contributed by atoms with Gasteiger partial charge < -0.3 is 10.8 Å². The van der Waals surface area contributed by atoms with Crippen molar-refractivity contribution < 1.29 is 14.3 Å². The first-order valence-electron chi connectivity index (χ1n) is 6.24. The van der Waals surface area contributed by atoms with Gasteiger partial charge in [0.25, 0.3) is 0 Å². The van der Waals surface area contributed by atoms with Gasteiger partial charge >= 0.3 is 5.97 Å². The lowest BCUT2D eigenvalue weighted by Gasteiger charge is -2.08. The summed E-state index contributed by atoms with van der Waals surface area (Å²) in [6.07, 6.45) is 1.24. The van der Waals surface area contributed by atoms with Crippen LogP contribution in [0.1, 0.15) is 10.4 Å². The molecule has 0 saturated heterocycles. The molecule has 1 heterocycles. The zero-order valence-corrected chi connectivity index (χ0v) is 10.9. The Morgan fingerprint density at radius 2 is 1.86 bits per heavy atom. The van der Waals surface area contributed by atoms with Crippen molar-refractivity contribution in [2.45, 2.75) is 0 Å². The number of carboxylic acid groups (broad SMARTS) is 1. The Hall–Kier alpha value is -2.95. The van der Waals surface area contributed by atoms with Crippen LogP contribution in [0.15, 0.2) is 48.7 Å². The third kappa shape index (κ3) is 2.29. The fourth-order valence-corrected chi connectivity index (χ4v) is 2.28. The van der Waals surface area contributed by atoms with Gasteiger partial charge in [-0.25, -0.2) is 14.2 Å². The van der Waals surface area contributed by atoms with E-state index >= 15 is 0 Å². The normalized spacial score (nSPS) is 10.7. The summed E-state index contributed by atoms with van der Waals surface area (Å²) in [6, 6.07) is 11.3. The minimum absolute atomic E-state index is 0.0880. The van der Waals surface area contributed by atoms with Crippen molar-refractivity contribution in [1.29, 1.82) is 0 Å². The SMILES string of the molecule is Nc1ncc(C(=O)O)c2ccc(-c3cccc(F)c3)cc12. The predicted molar refractivity (Wildman–Crippen MR) is 78.5 cm³/mol. The predicted octanol–water partition coefficient (Wildman–Crippen LogP) is 3.32. The van der Waals surface area contributed by atoms with Crippen molar-refractivity contribution >= 4 is 22.6 Å². The Morgan fingerprint density at radius 1 is 1.10 bits per heavy atom. The highest BCUT2D eigenvalue weighted by Gasteiger charge is 2.12. The highest BCUT2D eigenvalue weighted by atomic mass is 19.1. The minimum atomic E-state index is -1.06. The van der Waals surface area contributed by atoms with E-state index < -0.39 is 5.97 Å². The fourth-order valence-electron chi connectivity index (χ4n) is 2.28. The number of aromatic carboxylic acids is 1. The maximum absolute atomic E-state index is 13.3. The molecular weight excluding hydrogens is 271 g/mol. The third-order valence-electron chi connectivity index (χ3n) is 3.31. The molecule has 0 fully saturated rings. The third-order valence-corrected chi connectivity index (χ3v) is 3.31. The number of fused-ring (bicyclic) bond motifs is 1. The Balaban J connectivity index is 2.25. The molecule has 3 aromatic rings. The maximum Gasteiger partial charge on any atom is 0.337 e. The Kier molecular flexibility index (Phi) is 3.02. The lowest BCUT2D eigenvalue weighted by molar-refractivity contribution is 0.0698. The van der Waals surface area contributed by atoms with Gasteiger partial charge in [-0.3, -0.25) is 0 Å². The van der Waals surface area contributed by atoms with Crippen LogP contribution < -0.4 is 5.73 Å². The number of aromatic nitrogens is 1. The van der Waals surface area contributed by atoms with Crippen LogP contribution in [0.3, 0.4) is 0 Å². The molecule has 0 atom stereocenters. The van der Waals surface area contributed by atoms with Gasteiger partial charge in [0.15, 0.2) is 0 Å². The van der Waals surface area contributed by atoms with Gasteiger partial charge in [-0.05, 0) is 29.3 Å². The van der Waals surface area contributed by atoms with Crippen LogP contribution in [-0.2, 0) is 0 Å². The average Bonchev–Trinajstić information content (AvgIpc) is 2.47. The molecule has 0 bridgehead atoms. The summed E-state index contributed by atoms with van der Waals surface area (Å²) >= 11 is 0. The molecule has 5 heteroatoms. The second-order valence-electron chi connectivity index (χ2n) is 4.63. The van der Waals surface area contributed by atoms with E-state index in [1.165, 1.54) is 18.3 Å². The van der Waals surface area contributed by atoms with Gasteiger partial charge in [-0.2, -0.15) is 0 Å². The topological polar surface area (TPSA) is 76.2 Å². The van der Waals surface area contributed by atoms with Crippen molar-refractivity contribution in [3.8, 4) is 11.1 Å². The van der Waals surface area contributed by atoms with Gasteiger partial charge in [0.2, 0.25) is 0 Å². The number of carbonyl (C=O) groups is 1. The highest BCUT2D eigenvalue weighted by molar-refractivity contribution is 6.07. The average molecular weight is 282 g/mol. The van der Waals surface area contributed by atoms with Crippen LogP contribution in [0.5, 0.6) is 0 Å². The van der Waals surface area contributed by atoms with Gasteiger partial charge in [0, 0.05) is 17.0 Å². The van der Waals surface area contributed by atoms with Crippen LogP contribution >= 0.6 is 0 Å². The van der Waals surface area contributed by atoms with Crippen LogP contribution in [0.4, 0.5) is 10.2 Å². The Morgan fingerprint density at radius 3 is 2.57 bits per heavy atom. The molecule has 1 aromatic heterocycles. The molecule has 104 valence electrons. The van der Waals surface area contributed by atoms with E-state index in [9.17, 15) is 9.18 Å². The summed E-state index contributed by atoms with van der Waals surface area (Å²) in [6.45, 7) is 0. The molecule has 0 aliphatic heterocycles. The summed E-state index contributed by atoms with van der Waals surface area (Å²) in [5, 5.41) is 10.2. The number of nitrogens with zero attached hydrogens (tertiary/aromatic N) is 1. The summed E-state index contributed by atoms with van der Waals surface area (Å²) < 4.78 is 13.3. The van der Waals surface area contributed by atoms with E-state index in [1.54, 1.807) is 30.3 Å². The van der Waals surface area contributed by atoms with Crippen molar-refractivity contribution in [3.05, 3.63) is 60.0 Å². The molecule has 2 aromatic carbocycles. The first-order chi connectivity index (χ1) is 10.1. The second-order valence-corrected chi connectivity index (χ2v) is 4.63. The lowest BCUT2D eigenvalue weighted by atomic mass is 9.99. The summed E-state index contributed by atoms with van der Waals surface area (Å²) in [7, 11) is 0. The van der Waals surface area contributed by atoms with Gasteiger partial charge in [0.1, 0.15) is 11.6 Å². The maximum atomic E-state index is 13.3. The molecule has 3 N–H and O–H groups in total. The Bertz CT molecular complexity index is 862. The van der Waals surface area contributed by atoms with Gasteiger partial charge in [-0.1, -0.05) is 24.3 Å². The standard InChI is InChI=1S/C16H11FN2O2/c17-11-3-1-2-9(6-11)10-4-5-12-13(7-10)15(18)19-8-14(12)16(20)21/h1-8H,(H2,18,19)(H,20,21). The monoisotopic (exact) mass is 282 g/mol. The molecule has 0 aliphatic carbocycles. The highest BCUT2D eigenvalue weighted by Crippen LogP contribution is 2.29. The number of rotatable bonds is 2. The van der Waals surface area contributed by atoms with Gasteiger partial charge in [-0.15, -0.1) is 0 Å². The fraction of sp³-hybridized carbons (Fsp3) is 0. The Labute approximate surface area is 119 Å². The number of anilines is 1.